The topological polar surface area (TPSA) is 50.8 Å². The molecule has 1 amide bonds. The standard InChI is InChI=1S/C15H22N2O3/c1-15(2,3)20-14(18)17-9-10-19-13(17)11-16-12-7-5-4-6-8-12/h4-8,13,16H,9-11H2,1-3H3. The summed E-state index contributed by atoms with van der Waals surface area (Å²) in [7, 11) is 0. The number of para-hydroxylation sites is 1. The second kappa shape index (κ2) is 6.13. The Morgan fingerprint density at radius 3 is 2.75 bits per heavy atom. The van der Waals surface area contributed by atoms with E-state index in [0.717, 1.165) is 5.69 Å². The summed E-state index contributed by atoms with van der Waals surface area (Å²) in [6, 6.07) is 9.84. The van der Waals surface area contributed by atoms with E-state index in [1.54, 1.807) is 4.90 Å². The number of nitrogens with zero attached hydrogens (tertiary/aromatic N) is 1. The van der Waals surface area contributed by atoms with Gasteiger partial charge in [0.25, 0.3) is 0 Å². The number of nitrogens with one attached hydrogen (secondary N) is 1. The molecular formula is C15H22N2O3. The Balaban J connectivity index is 1.89. The van der Waals surface area contributed by atoms with Gasteiger partial charge in [-0.15, -0.1) is 0 Å². The molecular weight excluding hydrogens is 256 g/mol. The smallest absolute Gasteiger partial charge is 0.412 e. The number of hydrogen-bond acceptors (Lipinski definition) is 4. The van der Waals surface area contributed by atoms with Crippen molar-refractivity contribution < 1.29 is 14.3 Å². The second-order valence-electron chi connectivity index (χ2n) is 5.75. The van der Waals surface area contributed by atoms with Crippen molar-refractivity contribution in [3.05, 3.63) is 30.3 Å². The lowest BCUT2D eigenvalue weighted by Gasteiger charge is -2.27. The lowest BCUT2D eigenvalue weighted by atomic mass is 10.2. The van der Waals surface area contributed by atoms with Crippen LogP contribution in [0.25, 0.3) is 0 Å². The van der Waals surface area contributed by atoms with Crippen LogP contribution in [0.5, 0.6) is 0 Å². The highest BCUT2D eigenvalue weighted by atomic mass is 16.6. The van der Waals surface area contributed by atoms with Gasteiger partial charge in [-0.05, 0) is 32.9 Å². The van der Waals surface area contributed by atoms with E-state index in [1.807, 2.05) is 51.1 Å². The summed E-state index contributed by atoms with van der Waals surface area (Å²) in [6.07, 6.45) is -0.611. The molecule has 0 bridgehead atoms. The molecule has 1 unspecified atom stereocenters. The molecule has 1 aromatic carbocycles. The molecule has 0 saturated carbocycles. The van der Waals surface area contributed by atoms with Crippen molar-refractivity contribution in [2.45, 2.75) is 32.6 Å². The molecule has 5 nitrogen and oxygen atoms in total. The quantitative estimate of drug-likeness (QED) is 0.923. The first kappa shape index (κ1) is 14.7. The van der Waals surface area contributed by atoms with Gasteiger partial charge in [-0.2, -0.15) is 0 Å². The van der Waals surface area contributed by atoms with Crippen molar-refractivity contribution in [3.63, 3.8) is 0 Å². The zero-order valence-corrected chi connectivity index (χ0v) is 12.3. The molecule has 0 aromatic heterocycles. The molecule has 0 spiro atoms. The van der Waals surface area contributed by atoms with Gasteiger partial charge in [-0.3, -0.25) is 4.90 Å². The van der Waals surface area contributed by atoms with E-state index >= 15 is 0 Å². The van der Waals surface area contributed by atoms with Gasteiger partial charge in [0, 0.05) is 5.69 Å². The highest BCUT2D eigenvalue weighted by molar-refractivity contribution is 5.68. The van der Waals surface area contributed by atoms with Gasteiger partial charge in [0.2, 0.25) is 0 Å². The maximum Gasteiger partial charge on any atom is 0.412 e. The maximum absolute atomic E-state index is 12.1. The number of hydrogen-bond donors (Lipinski definition) is 1. The summed E-state index contributed by atoms with van der Waals surface area (Å²) < 4.78 is 11.0. The van der Waals surface area contributed by atoms with Gasteiger partial charge >= 0.3 is 6.09 Å². The first-order valence-electron chi connectivity index (χ1n) is 6.86. The van der Waals surface area contributed by atoms with Crippen LogP contribution in [0.3, 0.4) is 0 Å². The highest BCUT2D eigenvalue weighted by Gasteiger charge is 2.32. The summed E-state index contributed by atoms with van der Waals surface area (Å²) >= 11 is 0. The fraction of sp³-hybridized carbons (Fsp3) is 0.533. The minimum atomic E-state index is -0.489. The molecule has 1 aliphatic rings. The summed E-state index contributed by atoms with van der Waals surface area (Å²) in [4.78, 5) is 13.7. The average Bonchev–Trinajstić information content (AvgIpc) is 2.84. The number of anilines is 1. The van der Waals surface area contributed by atoms with Crippen molar-refractivity contribution in [1.82, 2.24) is 4.90 Å². The third kappa shape index (κ3) is 4.13. The van der Waals surface area contributed by atoms with E-state index < -0.39 is 5.60 Å². The second-order valence-corrected chi connectivity index (χ2v) is 5.75. The van der Waals surface area contributed by atoms with Gasteiger partial charge in [-0.1, -0.05) is 18.2 Å². The Kier molecular flexibility index (Phi) is 4.49. The average molecular weight is 278 g/mol. The SMILES string of the molecule is CC(C)(C)OC(=O)N1CCOC1CNc1ccccc1. The molecule has 1 saturated heterocycles. The largest absolute Gasteiger partial charge is 0.444 e. The predicted molar refractivity (Wildman–Crippen MR) is 77.6 cm³/mol. The molecule has 2 rings (SSSR count). The fourth-order valence-corrected chi connectivity index (χ4v) is 1.98. The normalized spacial score (nSPS) is 18.9. The molecule has 20 heavy (non-hydrogen) atoms. The first-order valence-corrected chi connectivity index (χ1v) is 6.86. The Morgan fingerprint density at radius 2 is 2.10 bits per heavy atom. The van der Waals surface area contributed by atoms with Crippen LogP contribution >= 0.6 is 0 Å². The van der Waals surface area contributed by atoms with Crippen LogP contribution in [0.1, 0.15) is 20.8 Å². The zero-order chi connectivity index (χ0) is 14.6. The Morgan fingerprint density at radius 1 is 1.40 bits per heavy atom. The first-order chi connectivity index (χ1) is 9.46. The summed E-state index contributed by atoms with van der Waals surface area (Å²) in [5.41, 5.74) is 0.518. The molecule has 1 heterocycles. The minimum absolute atomic E-state index is 0.287. The lowest BCUT2D eigenvalue weighted by molar-refractivity contribution is -0.00411. The van der Waals surface area contributed by atoms with E-state index in [0.29, 0.717) is 19.7 Å². The van der Waals surface area contributed by atoms with E-state index in [-0.39, 0.29) is 12.3 Å². The number of carbonyl (C=O) groups is 1. The Bertz CT molecular complexity index is 442. The van der Waals surface area contributed by atoms with Gasteiger partial charge in [0.15, 0.2) is 6.23 Å². The Hall–Kier alpha value is -1.75. The third-order valence-corrected chi connectivity index (χ3v) is 2.87. The Labute approximate surface area is 119 Å². The van der Waals surface area contributed by atoms with E-state index in [1.165, 1.54) is 0 Å². The molecule has 5 heteroatoms. The van der Waals surface area contributed by atoms with Gasteiger partial charge < -0.3 is 14.8 Å². The van der Waals surface area contributed by atoms with Crippen LogP contribution in [-0.4, -0.2) is 42.5 Å². The van der Waals surface area contributed by atoms with Crippen molar-refractivity contribution >= 4 is 11.8 Å². The summed E-state index contributed by atoms with van der Waals surface area (Å²) in [5, 5.41) is 3.26. The molecule has 1 N–H and O–H groups in total. The van der Waals surface area contributed by atoms with Crippen molar-refractivity contribution in [2.24, 2.45) is 0 Å². The fourth-order valence-electron chi connectivity index (χ4n) is 1.98. The van der Waals surface area contributed by atoms with E-state index in [9.17, 15) is 4.79 Å². The number of benzene rings is 1. The molecule has 1 fully saturated rings. The third-order valence-electron chi connectivity index (χ3n) is 2.87. The molecule has 1 atom stereocenters. The number of amides is 1. The highest BCUT2D eigenvalue weighted by Crippen LogP contribution is 2.17. The van der Waals surface area contributed by atoms with Crippen LogP contribution in [-0.2, 0) is 9.47 Å². The summed E-state index contributed by atoms with van der Waals surface area (Å²) in [5.74, 6) is 0. The molecule has 1 aromatic rings. The van der Waals surface area contributed by atoms with E-state index in [4.69, 9.17) is 9.47 Å². The van der Waals surface area contributed by atoms with Crippen LogP contribution in [0.15, 0.2) is 30.3 Å². The minimum Gasteiger partial charge on any atom is -0.444 e. The zero-order valence-electron chi connectivity index (χ0n) is 12.3. The monoisotopic (exact) mass is 278 g/mol. The maximum atomic E-state index is 12.1. The number of rotatable bonds is 3. The van der Waals surface area contributed by atoms with Crippen LogP contribution in [0.4, 0.5) is 10.5 Å². The lowest BCUT2D eigenvalue weighted by Crippen LogP contribution is -2.43. The van der Waals surface area contributed by atoms with Crippen molar-refractivity contribution in [3.8, 4) is 0 Å². The van der Waals surface area contributed by atoms with Gasteiger partial charge in [-0.25, -0.2) is 4.79 Å². The molecule has 0 radical (unpaired) electrons. The van der Waals surface area contributed by atoms with Crippen LogP contribution in [0, 0.1) is 0 Å². The molecule has 110 valence electrons. The number of ether oxygens (including phenoxy) is 2. The van der Waals surface area contributed by atoms with Gasteiger partial charge in [0.05, 0.1) is 19.7 Å². The van der Waals surface area contributed by atoms with Crippen molar-refractivity contribution in [1.29, 1.82) is 0 Å². The predicted octanol–water partition coefficient (Wildman–Crippen LogP) is 2.69. The summed E-state index contributed by atoms with van der Waals surface area (Å²) in [6.45, 7) is 7.23. The van der Waals surface area contributed by atoms with Crippen LogP contribution in [0.2, 0.25) is 0 Å². The van der Waals surface area contributed by atoms with Crippen molar-refractivity contribution in [2.75, 3.05) is 25.0 Å². The van der Waals surface area contributed by atoms with E-state index in [2.05, 4.69) is 5.32 Å². The number of carbonyl (C=O) groups excluding carboxylic acids is 1. The van der Waals surface area contributed by atoms with Crippen LogP contribution < -0.4 is 5.32 Å². The molecule has 1 aliphatic heterocycles. The van der Waals surface area contributed by atoms with Gasteiger partial charge in [0.1, 0.15) is 5.60 Å². The molecule has 0 aliphatic carbocycles.